The highest BCUT2D eigenvalue weighted by atomic mass is 35.5. The normalized spacial score (nSPS) is 15.4. The van der Waals surface area contributed by atoms with Gasteiger partial charge in [-0.1, -0.05) is 47.1 Å². The zero-order valence-electron chi connectivity index (χ0n) is 15.4. The first-order valence-corrected chi connectivity index (χ1v) is 10.8. The van der Waals surface area contributed by atoms with E-state index >= 15 is 0 Å². The topological polar surface area (TPSA) is 83.7 Å². The SMILES string of the molecule is O=C(c1cc(-c2ccccc2)on1)N1CCN(S(=O)(=O)c2ccc(Cl)cc2)CC1. The molecule has 3 aromatic rings. The van der Waals surface area contributed by atoms with Crippen LogP contribution in [0.15, 0.2) is 70.1 Å². The molecule has 0 bridgehead atoms. The Morgan fingerprint density at radius 3 is 2.28 bits per heavy atom. The van der Waals surface area contributed by atoms with Crippen LogP contribution in [-0.4, -0.2) is 54.9 Å². The van der Waals surface area contributed by atoms with Gasteiger partial charge in [-0.25, -0.2) is 8.42 Å². The number of halogens is 1. The Balaban J connectivity index is 1.42. The van der Waals surface area contributed by atoms with Gasteiger partial charge < -0.3 is 9.42 Å². The fraction of sp³-hybridized carbons (Fsp3) is 0.200. The maximum Gasteiger partial charge on any atom is 0.276 e. The number of hydrogen-bond acceptors (Lipinski definition) is 5. The second-order valence-electron chi connectivity index (χ2n) is 6.59. The maximum atomic E-state index is 12.8. The lowest BCUT2D eigenvalue weighted by molar-refractivity contribution is 0.0687. The lowest BCUT2D eigenvalue weighted by Gasteiger charge is -2.33. The van der Waals surface area contributed by atoms with Crippen LogP contribution in [-0.2, 0) is 10.0 Å². The van der Waals surface area contributed by atoms with Crippen LogP contribution in [0.2, 0.25) is 5.02 Å². The monoisotopic (exact) mass is 431 g/mol. The van der Waals surface area contributed by atoms with E-state index in [4.69, 9.17) is 16.1 Å². The van der Waals surface area contributed by atoms with Crippen molar-refractivity contribution in [2.24, 2.45) is 0 Å². The van der Waals surface area contributed by atoms with Gasteiger partial charge in [0.2, 0.25) is 10.0 Å². The summed E-state index contributed by atoms with van der Waals surface area (Å²) in [4.78, 5) is 14.5. The molecule has 0 saturated carbocycles. The molecule has 0 atom stereocenters. The Bertz CT molecular complexity index is 1110. The molecule has 1 aliphatic heterocycles. The van der Waals surface area contributed by atoms with Crippen molar-refractivity contribution in [3.8, 4) is 11.3 Å². The largest absolute Gasteiger partial charge is 0.355 e. The van der Waals surface area contributed by atoms with Gasteiger partial charge in [0.25, 0.3) is 5.91 Å². The van der Waals surface area contributed by atoms with E-state index in [0.717, 1.165) is 5.56 Å². The molecule has 1 aromatic heterocycles. The summed E-state index contributed by atoms with van der Waals surface area (Å²) in [5.74, 6) is 0.234. The van der Waals surface area contributed by atoms with E-state index in [-0.39, 0.29) is 42.7 Å². The summed E-state index contributed by atoms with van der Waals surface area (Å²) in [6, 6.07) is 17.0. The van der Waals surface area contributed by atoms with Crippen molar-refractivity contribution < 1.29 is 17.7 Å². The zero-order chi connectivity index (χ0) is 20.4. The highest BCUT2D eigenvalue weighted by molar-refractivity contribution is 7.89. The summed E-state index contributed by atoms with van der Waals surface area (Å²) in [6.07, 6.45) is 0. The first-order valence-electron chi connectivity index (χ1n) is 9.02. The molecular weight excluding hydrogens is 414 g/mol. The van der Waals surface area contributed by atoms with Crippen LogP contribution < -0.4 is 0 Å². The molecule has 1 amide bonds. The van der Waals surface area contributed by atoms with Crippen LogP contribution >= 0.6 is 11.6 Å². The van der Waals surface area contributed by atoms with E-state index in [1.807, 2.05) is 30.3 Å². The summed E-state index contributed by atoms with van der Waals surface area (Å²) < 4.78 is 32.2. The van der Waals surface area contributed by atoms with E-state index in [1.54, 1.807) is 23.1 Å². The van der Waals surface area contributed by atoms with Crippen LogP contribution in [0.3, 0.4) is 0 Å². The second-order valence-corrected chi connectivity index (χ2v) is 8.97. The van der Waals surface area contributed by atoms with Crippen LogP contribution in [0.1, 0.15) is 10.5 Å². The molecular formula is C20H18ClN3O4S. The predicted molar refractivity (Wildman–Crippen MR) is 108 cm³/mol. The molecule has 150 valence electrons. The average Bonchev–Trinajstić information content (AvgIpc) is 3.24. The second kappa shape index (κ2) is 7.98. The van der Waals surface area contributed by atoms with Crippen molar-refractivity contribution in [2.75, 3.05) is 26.2 Å². The summed E-state index contributed by atoms with van der Waals surface area (Å²) in [6.45, 7) is 0.971. The van der Waals surface area contributed by atoms with Crippen molar-refractivity contribution >= 4 is 27.5 Å². The molecule has 7 nitrogen and oxygen atoms in total. The van der Waals surface area contributed by atoms with Gasteiger partial charge in [0.05, 0.1) is 4.90 Å². The summed E-state index contributed by atoms with van der Waals surface area (Å²) in [7, 11) is -3.62. The zero-order valence-corrected chi connectivity index (χ0v) is 16.9. The number of carbonyl (C=O) groups excluding carboxylic acids is 1. The van der Waals surface area contributed by atoms with E-state index in [0.29, 0.717) is 10.8 Å². The van der Waals surface area contributed by atoms with Crippen molar-refractivity contribution in [1.29, 1.82) is 0 Å². The molecule has 0 N–H and O–H groups in total. The minimum Gasteiger partial charge on any atom is -0.355 e. The van der Waals surface area contributed by atoms with Crippen LogP contribution in [0, 0.1) is 0 Å². The Labute approximate surface area is 173 Å². The van der Waals surface area contributed by atoms with Gasteiger partial charge >= 0.3 is 0 Å². The molecule has 9 heteroatoms. The third-order valence-corrected chi connectivity index (χ3v) is 6.93. The van der Waals surface area contributed by atoms with Crippen LogP contribution in [0.4, 0.5) is 0 Å². The lowest BCUT2D eigenvalue weighted by Crippen LogP contribution is -2.50. The van der Waals surface area contributed by atoms with Gasteiger partial charge in [-0.3, -0.25) is 4.79 Å². The van der Waals surface area contributed by atoms with Crippen molar-refractivity contribution in [1.82, 2.24) is 14.4 Å². The number of hydrogen-bond donors (Lipinski definition) is 0. The van der Waals surface area contributed by atoms with Crippen LogP contribution in [0.5, 0.6) is 0 Å². The van der Waals surface area contributed by atoms with Gasteiger partial charge in [0.1, 0.15) is 0 Å². The number of amides is 1. The minimum absolute atomic E-state index is 0.186. The molecule has 0 aliphatic carbocycles. The quantitative estimate of drug-likeness (QED) is 0.633. The molecule has 2 heterocycles. The van der Waals surface area contributed by atoms with Gasteiger partial charge in [0, 0.05) is 42.8 Å². The Hall–Kier alpha value is -2.68. The number of benzene rings is 2. The highest BCUT2D eigenvalue weighted by Crippen LogP contribution is 2.22. The number of rotatable bonds is 4. The fourth-order valence-electron chi connectivity index (χ4n) is 3.16. The van der Waals surface area contributed by atoms with Gasteiger partial charge in [-0.05, 0) is 24.3 Å². The van der Waals surface area contributed by atoms with E-state index in [1.165, 1.54) is 16.4 Å². The van der Waals surface area contributed by atoms with Gasteiger partial charge in [-0.15, -0.1) is 0 Å². The predicted octanol–water partition coefficient (Wildman–Crippen LogP) is 3.14. The summed E-state index contributed by atoms with van der Waals surface area (Å²) in [5.41, 5.74) is 1.04. The first-order chi connectivity index (χ1) is 13.9. The first kappa shape index (κ1) is 19.6. The molecule has 4 rings (SSSR count). The molecule has 2 aromatic carbocycles. The molecule has 1 aliphatic rings. The molecule has 0 spiro atoms. The smallest absolute Gasteiger partial charge is 0.276 e. The molecule has 1 fully saturated rings. The third kappa shape index (κ3) is 4.05. The standard InChI is InChI=1S/C20H18ClN3O4S/c21-16-6-8-17(9-7-16)29(26,27)24-12-10-23(11-13-24)20(25)18-14-19(28-22-18)15-4-2-1-3-5-15/h1-9,14H,10-13H2. The van der Waals surface area contributed by atoms with E-state index in [9.17, 15) is 13.2 Å². The van der Waals surface area contributed by atoms with Gasteiger partial charge in [-0.2, -0.15) is 4.31 Å². The van der Waals surface area contributed by atoms with Crippen molar-refractivity contribution in [2.45, 2.75) is 4.90 Å². The Morgan fingerprint density at radius 1 is 0.966 bits per heavy atom. The summed E-state index contributed by atoms with van der Waals surface area (Å²) >= 11 is 5.83. The van der Waals surface area contributed by atoms with E-state index < -0.39 is 10.0 Å². The molecule has 29 heavy (non-hydrogen) atoms. The minimum atomic E-state index is -3.62. The van der Waals surface area contributed by atoms with E-state index in [2.05, 4.69) is 5.16 Å². The molecule has 0 unspecified atom stereocenters. The Kier molecular flexibility index (Phi) is 5.40. The van der Waals surface area contributed by atoms with Gasteiger partial charge in [0.15, 0.2) is 11.5 Å². The number of carbonyl (C=O) groups is 1. The van der Waals surface area contributed by atoms with Crippen LogP contribution in [0.25, 0.3) is 11.3 Å². The fourth-order valence-corrected chi connectivity index (χ4v) is 4.71. The van der Waals surface area contributed by atoms with Crippen molar-refractivity contribution in [3.63, 3.8) is 0 Å². The third-order valence-electron chi connectivity index (χ3n) is 4.76. The number of sulfonamides is 1. The number of nitrogens with zero attached hydrogens (tertiary/aromatic N) is 3. The number of piperazine rings is 1. The summed E-state index contributed by atoms with van der Waals surface area (Å²) in [5, 5.41) is 4.35. The molecule has 1 saturated heterocycles. The maximum absolute atomic E-state index is 12.8. The average molecular weight is 432 g/mol. The molecule has 0 radical (unpaired) electrons. The highest BCUT2D eigenvalue weighted by Gasteiger charge is 2.31. The lowest BCUT2D eigenvalue weighted by atomic mass is 10.1. The Morgan fingerprint density at radius 2 is 1.62 bits per heavy atom. The number of aromatic nitrogens is 1. The van der Waals surface area contributed by atoms with Crippen molar-refractivity contribution in [3.05, 3.63) is 71.4 Å².